The van der Waals surface area contributed by atoms with Gasteiger partial charge in [-0.05, 0) is 13.0 Å². The summed E-state index contributed by atoms with van der Waals surface area (Å²) in [7, 11) is 4.81. The van der Waals surface area contributed by atoms with E-state index in [4.69, 9.17) is 19.9 Å². The van der Waals surface area contributed by atoms with E-state index in [0.29, 0.717) is 23.7 Å². The summed E-state index contributed by atoms with van der Waals surface area (Å²) < 4.78 is 16.0. The third-order valence-electron chi connectivity index (χ3n) is 3.23. The predicted octanol–water partition coefficient (Wildman–Crippen LogP) is 2.72. The Morgan fingerprint density at radius 1 is 1.10 bits per heavy atom. The van der Waals surface area contributed by atoms with Crippen molar-refractivity contribution in [1.29, 1.82) is 0 Å². The summed E-state index contributed by atoms with van der Waals surface area (Å²) >= 11 is 1.62. The first-order valence-corrected chi connectivity index (χ1v) is 7.43. The number of rotatable bonds is 6. The van der Waals surface area contributed by atoms with Crippen LogP contribution in [-0.4, -0.2) is 26.3 Å². The van der Waals surface area contributed by atoms with Crippen LogP contribution in [-0.2, 0) is 6.42 Å². The van der Waals surface area contributed by atoms with E-state index in [1.807, 2.05) is 18.4 Å². The highest BCUT2D eigenvalue weighted by molar-refractivity contribution is 7.09. The van der Waals surface area contributed by atoms with Crippen molar-refractivity contribution in [3.05, 3.63) is 33.8 Å². The van der Waals surface area contributed by atoms with Crippen LogP contribution in [0, 0.1) is 6.92 Å². The Morgan fingerprint density at radius 2 is 1.71 bits per heavy atom. The molecule has 1 aromatic carbocycles. The second-order valence-electron chi connectivity index (χ2n) is 4.62. The van der Waals surface area contributed by atoms with E-state index < -0.39 is 0 Å². The maximum atomic E-state index is 6.32. The molecule has 1 atom stereocenters. The molecule has 0 aliphatic heterocycles. The first-order chi connectivity index (χ1) is 10.1. The van der Waals surface area contributed by atoms with Crippen LogP contribution in [0.1, 0.15) is 22.3 Å². The molecule has 2 aromatic rings. The van der Waals surface area contributed by atoms with Crippen LogP contribution in [0.15, 0.2) is 17.5 Å². The summed E-state index contributed by atoms with van der Waals surface area (Å²) in [6.45, 7) is 1.98. The molecule has 2 rings (SSSR count). The van der Waals surface area contributed by atoms with Crippen molar-refractivity contribution < 1.29 is 14.2 Å². The molecule has 0 amide bonds. The van der Waals surface area contributed by atoms with Crippen LogP contribution in [0.4, 0.5) is 0 Å². The zero-order valence-corrected chi connectivity index (χ0v) is 13.5. The van der Waals surface area contributed by atoms with Gasteiger partial charge >= 0.3 is 0 Å². The van der Waals surface area contributed by atoms with Gasteiger partial charge in [0.15, 0.2) is 11.5 Å². The summed E-state index contributed by atoms with van der Waals surface area (Å²) in [5.74, 6) is 1.94. The van der Waals surface area contributed by atoms with Crippen LogP contribution in [0.3, 0.4) is 0 Å². The fourth-order valence-corrected chi connectivity index (χ4v) is 2.81. The normalized spacial score (nSPS) is 12.0. The van der Waals surface area contributed by atoms with Crippen molar-refractivity contribution >= 4 is 11.3 Å². The van der Waals surface area contributed by atoms with Gasteiger partial charge in [0.05, 0.1) is 32.0 Å². The minimum Gasteiger partial charge on any atom is -0.496 e. The van der Waals surface area contributed by atoms with Crippen molar-refractivity contribution in [2.45, 2.75) is 19.4 Å². The van der Waals surface area contributed by atoms with Gasteiger partial charge in [-0.1, -0.05) is 0 Å². The standard InChI is InChI=1S/C15H20N2O3S/c1-9-17-10(8-21-9)5-12(16)11-6-14(19-3)15(20-4)7-13(11)18-2/h6-8,12H,5,16H2,1-4H3. The van der Waals surface area contributed by atoms with Gasteiger partial charge in [0.2, 0.25) is 0 Å². The zero-order valence-electron chi connectivity index (χ0n) is 12.7. The van der Waals surface area contributed by atoms with E-state index in [2.05, 4.69) is 4.98 Å². The van der Waals surface area contributed by atoms with Crippen LogP contribution >= 0.6 is 11.3 Å². The fourth-order valence-electron chi connectivity index (χ4n) is 2.18. The van der Waals surface area contributed by atoms with Crippen LogP contribution in [0.25, 0.3) is 0 Å². The lowest BCUT2D eigenvalue weighted by Gasteiger charge is -2.18. The monoisotopic (exact) mass is 308 g/mol. The zero-order chi connectivity index (χ0) is 15.4. The van der Waals surface area contributed by atoms with Gasteiger partial charge in [-0.25, -0.2) is 4.98 Å². The summed E-state index contributed by atoms with van der Waals surface area (Å²) in [4.78, 5) is 4.45. The van der Waals surface area contributed by atoms with Crippen molar-refractivity contribution in [1.82, 2.24) is 4.98 Å². The molecule has 1 unspecified atom stereocenters. The molecule has 0 fully saturated rings. The Kier molecular flexibility index (Phi) is 5.03. The molecular formula is C15H20N2O3S. The van der Waals surface area contributed by atoms with Gasteiger partial charge < -0.3 is 19.9 Å². The SMILES string of the molecule is COc1cc(OC)c(C(N)Cc2csc(C)n2)cc1OC. The smallest absolute Gasteiger partial charge is 0.164 e. The van der Waals surface area contributed by atoms with E-state index in [1.54, 1.807) is 38.7 Å². The molecule has 114 valence electrons. The van der Waals surface area contributed by atoms with E-state index in [0.717, 1.165) is 16.3 Å². The Labute approximate surface area is 128 Å². The van der Waals surface area contributed by atoms with Crippen LogP contribution in [0.5, 0.6) is 17.2 Å². The van der Waals surface area contributed by atoms with Gasteiger partial charge in [0.25, 0.3) is 0 Å². The molecule has 6 heteroatoms. The number of hydrogen-bond acceptors (Lipinski definition) is 6. The number of nitrogens with zero attached hydrogens (tertiary/aromatic N) is 1. The summed E-state index contributed by atoms with van der Waals surface area (Å²) in [5.41, 5.74) is 8.18. The average Bonchev–Trinajstić information content (AvgIpc) is 2.90. The highest BCUT2D eigenvalue weighted by Gasteiger charge is 2.18. The van der Waals surface area contributed by atoms with Gasteiger partial charge in [0, 0.05) is 29.5 Å². The molecular weight excluding hydrogens is 288 g/mol. The molecule has 0 aliphatic carbocycles. The first kappa shape index (κ1) is 15.6. The Balaban J connectivity index is 2.32. The number of benzene rings is 1. The molecule has 21 heavy (non-hydrogen) atoms. The molecule has 1 aromatic heterocycles. The van der Waals surface area contributed by atoms with Crippen LogP contribution < -0.4 is 19.9 Å². The molecule has 0 spiro atoms. The summed E-state index contributed by atoms with van der Waals surface area (Å²) in [6, 6.07) is 3.43. The fraction of sp³-hybridized carbons (Fsp3) is 0.400. The largest absolute Gasteiger partial charge is 0.496 e. The van der Waals surface area contributed by atoms with E-state index >= 15 is 0 Å². The van der Waals surface area contributed by atoms with Crippen LogP contribution in [0.2, 0.25) is 0 Å². The molecule has 0 saturated carbocycles. The lowest BCUT2D eigenvalue weighted by Crippen LogP contribution is -2.15. The molecule has 5 nitrogen and oxygen atoms in total. The number of ether oxygens (including phenoxy) is 3. The Bertz CT molecular complexity index is 613. The number of nitrogens with two attached hydrogens (primary N) is 1. The molecule has 0 radical (unpaired) electrons. The highest BCUT2D eigenvalue weighted by atomic mass is 32.1. The number of aromatic nitrogens is 1. The maximum absolute atomic E-state index is 6.32. The van der Waals surface area contributed by atoms with Gasteiger partial charge in [0.1, 0.15) is 5.75 Å². The highest BCUT2D eigenvalue weighted by Crippen LogP contribution is 2.37. The first-order valence-electron chi connectivity index (χ1n) is 6.55. The van der Waals surface area contributed by atoms with Crippen molar-refractivity contribution in [2.75, 3.05) is 21.3 Å². The van der Waals surface area contributed by atoms with Gasteiger partial charge in [-0.15, -0.1) is 11.3 Å². The molecule has 0 bridgehead atoms. The summed E-state index contributed by atoms with van der Waals surface area (Å²) in [6.07, 6.45) is 0.649. The third-order valence-corrected chi connectivity index (χ3v) is 4.05. The minimum atomic E-state index is -0.221. The molecule has 0 aliphatic rings. The predicted molar refractivity (Wildman–Crippen MR) is 83.6 cm³/mol. The second-order valence-corrected chi connectivity index (χ2v) is 5.68. The lowest BCUT2D eigenvalue weighted by atomic mass is 10.0. The number of hydrogen-bond donors (Lipinski definition) is 1. The maximum Gasteiger partial charge on any atom is 0.164 e. The topological polar surface area (TPSA) is 66.6 Å². The molecule has 1 heterocycles. The van der Waals surface area contributed by atoms with E-state index in [-0.39, 0.29) is 6.04 Å². The molecule has 0 saturated heterocycles. The van der Waals surface area contributed by atoms with Crippen molar-refractivity contribution in [3.8, 4) is 17.2 Å². The van der Waals surface area contributed by atoms with Gasteiger partial charge in [-0.2, -0.15) is 0 Å². The molecule has 2 N–H and O–H groups in total. The lowest BCUT2D eigenvalue weighted by molar-refractivity contribution is 0.346. The number of aryl methyl sites for hydroxylation is 1. The quantitative estimate of drug-likeness (QED) is 0.889. The van der Waals surface area contributed by atoms with Gasteiger partial charge in [-0.3, -0.25) is 0 Å². The Morgan fingerprint density at radius 3 is 2.24 bits per heavy atom. The second kappa shape index (κ2) is 6.78. The number of thiazole rings is 1. The van der Waals surface area contributed by atoms with Crippen molar-refractivity contribution in [3.63, 3.8) is 0 Å². The average molecular weight is 308 g/mol. The summed E-state index contributed by atoms with van der Waals surface area (Å²) in [5, 5.41) is 3.07. The third kappa shape index (κ3) is 3.46. The van der Waals surface area contributed by atoms with Crippen molar-refractivity contribution in [2.24, 2.45) is 5.73 Å². The van der Waals surface area contributed by atoms with E-state index in [1.165, 1.54) is 0 Å². The number of methoxy groups -OCH3 is 3. The Hall–Kier alpha value is -1.79. The van der Waals surface area contributed by atoms with E-state index in [9.17, 15) is 0 Å². The minimum absolute atomic E-state index is 0.221.